The van der Waals surface area contributed by atoms with Crippen LogP contribution in [0, 0.1) is 13.8 Å². The summed E-state index contributed by atoms with van der Waals surface area (Å²) in [5.41, 5.74) is 5.78. The summed E-state index contributed by atoms with van der Waals surface area (Å²) in [5, 5.41) is 10.4. The van der Waals surface area contributed by atoms with Gasteiger partial charge in [-0.05, 0) is 41.7 Å². The normalized spacial score (nSPS) is 12.4. The number of aliphatic hydroxyl groups is 1. The highest BCUT2D eigenvalue weighted by Crippen LogP contribution is 2.23. The lowest BCUT2D eigenvalue weighted by atomic mass is 9.94. The van der Waals surface area contributed by atoms with Gasteiger partial charge in [-0.2, -0.15) is 0 Å². The molecule has 0 amide bonds. The molecule has 2 aromatic rings. The van der Waals surface area contributed by atoms with E-state index >= 15 is 0 Å². The number of ether oxygens (including phenoxy) is 1. The van der Waals surface area contributed by atoms with Crippen LogP contribution in [0.25, 0.3) is 0 Å². The van der Waals surface area contributed by atoms with Gasteiger partial charge in [0.05, 0.1) is 12.7 Å². The number of hydrogen-bond acceptors (Lipinski definition) is 2. The van der Waals surface area contributed by atoms with Crippen LogP contribution in [0.3, 0.4) is 0 Å². The van der Waals surface area contributed by atoms with Gasteiger partial charge in [0.2, 0.25) is 0 Å². The van der Waals surface area contributed by atoms with Crippen molar-refractivity contribution in [3.63, 3.8) is 0 Å². The van der Waals surface area contributed by atoms with Gasteiger partial charge in [-0.25, -0.2) is 0 Å². The van der Waals surface area contributed by atoms with Crippen molar-refractivity contribution in [2.75, 3.05) is 7.11 Å². The third-order valence-electron chi connectivity index (χ3n) is 3.72. The number of aliphatic hydroxyl groups excluding tert-OH is 1. The van der Waals surface area contributed by atoms with E-state index in [2.05, 4.69) is 32.0 Å². The van der Waals surface area contributed by atoms with Crippen molar-refractivity contribution in [2.24, 2.45) is 0 Å². The van der Waals surface area contributed by atoms with Gasteiger partial charge in [-0.1, -0.05) is 42.5 Å². The number of hydrogen-bond donors (Lipinski definition) is 1. The van der Waals surface area contributed by atoms with Gasteiger partial charge >= 0.3 is 0 Å². The zero-order valence-corrected chi connectivity index (χ0v) is 12.4. The molecular formula is C18H22O2. The summed E-state index contributed by atoms with van der Waals surface area (Å²) in [6.45, 7) is 4.79. The standard InChI is InChI=1S/C18H22O2/c1-13-5-4-6-14(2)17(13)11-18(19)16-9-7-15(8-10-16)12-20-3/h4-10,18-19H,11-12H2,1-3H3. The summed E-state index contributed by atoms with van der Waals surface area (Å²) < 4.78 is 5.09. The first-order chi connectivity index (χ1) is 9.61. The van der Waals surface area contributed by atoms with Crippen LogP contribution in [-0.4, -0.2) is 12.2 Å². The Labute approximate surface area is 121 Å². The molecule has 1 unspecified atom stereocenters. The van der Waals surface area contributed by atoms with Crippen molar-refractivity contribution < 1.29 is 9.84 Å². The van der Waals surface area contributed by atoms with E-state index < -0.39 is 6.10 Å². The first kappa shape index (κ1) is 14.8. The SMILES string of the molecule is COCc1ccc(C(O)Cc2c(C)cccc2C)cc1. The molecule has 0 aliphatic carbocycles. The van der Waals surface area contributed by atoms with E-state index in [1.807, 2.05) is 24.3 Å². The van der Waals surface area contributed by atoms with Crippen LogP contribution in [0.15, 0.2) is 42.5 Å². The smallest absolute Gasteiger partial charge is 0.0830 e. The Kier molecular flexibility index (Phi) is 4.94. The highest BCUT2D eigenvalue weighted by atomic mass is 16.5. The molecule has 0 aliphatic heterocycles. The minimum atomic E-state index is -0.466. The third-order valence-corrected chi connectivity index (χ3v) is 3.72. The largest absolute Gasteiger partial charge is 0.388 e. The topological polar surface area (TPSA) is 29.5 Å². The molecule has 0 saturated carbocycles. The fraction of sp³-hybridized carbons (Fsp3) is 0.333. The van der Waals surface area contributed by atoms with Crippen molar-refractivity contribution in [2.45, 2.75) is 33.0 Å². The molecule has 0 bridgehead atoms. The maximum Gasteiger partial charge on any atom is 0.0830 e. The zero-order valence-electron chi connectivity index (χ0n) is 12.4. The minimum absolute atomic E-state index is 0.466. The lowest BCUT2D eigenvalue weighted by Crippen LogP contribution is -2.05. The quantitative estimate of drug-likeness (QED) is 0.897. The Morgan fingerprint density at radius 2 is 1.60 bits per heavy atom. The average molecular weight is 270 g/mol. The van der Waals surface area contributed by atoms with Crippen LogP contribution < -0.4 is 0 Å². The van der Waals surface area contributed by atoms with Crippen LogP contribution in [-0.2, 0) is 17.8 Å². The molecule has 0 heterocycles. The third kappa shape index (κ3) is 3.47. The molecule has 2 heteroatoms. The van der Waals surface area contributed by atoms with Gasteiger partial charge < -0.3 is 9.84 Å². The van der Waals surface area contributed by atoms with Crippen molar-refractivity contribution in [3.8, 4) is 0 Å². The van der Waals surface area contributed by atoms with Gasteiger partial charge in [0.15, 0.2) is 0 Å². The van der Waals surface area contributed by atoms with E-state index in [4.69, 9.17) is 4.74 Å². The average Bonchev–Trinajstić information content (AvgIpc) is 2.44. The second kappa shape index (κ2) is 6.69. The molecule has 0 saturated heterocycles. The van der Waals surface area contributed by atoms with E-state index in [0.29, 0.717) is 13.0 Å². The monoisotopic (exact) mass is 270 g/mol. The van der Waals surface area contributed by atoms with Crippen molar-refractivity contribution >= 4 is 0 Å². The molecule has 2 rings (SSSR count). The highest BCUT2D eigenvalue weighted by Gasteiger charge is 2.11. The van der Waals surface area contributed by atoms with Crippen molar-refractivity contribution in [1.29, 1.82) is 0 Å². The number of rotatable bonds is 5. The minimum Gasteiger partial charge on any atom is -0.388 e. The fourth-order valence-electron chi connectivity index (χ4n) is 2.48. The molecule has 0 spiro atoms. The second-order valence-electron chi connectivity index (χ2n) is 5.26. The fourth-order valence-corrected chi connectivity index (χ4v) is 2.48. The van der Waals surface area contributed by atoms with Crippen LogP contribution in [0.5, 0.6) is 0 Å². The zero-order chi connectivity index (χ0) is 14.5. The maximum absolute atomic E-state index is 10.4. The lowest BCUT2D eigenvalue weighted by Gasteiger charge is -2.15. The van der Waals surface area contributed by atoms with Crippen LogP contribution in [0.4, 0.5) is 0 Å². The molecule has 1 atom stereocenters. The van der Waals surface area contributed by atoms with Gasteiger partial charge in [0.25, 0.3) is 0 Å². The van der Waals surface area contributed by atoms with Crippen LogP contribution in [0.2, 0.25) is 0 Å². The lowest BCUT2D eigenvalue weighted by molar-refractivity contribution is 0.177. The molecule has 106 valence electrons. The Hall–Kier alpha value is -1.64. The van der Waals surface area contributed by atoms with E-state index in [1.54, 1.807) is 7.11 Å². The maximum atomic E-state index is 10.4. The molecule has 2 nitrogen and oxygen atoms in total. The Morgan fingerprint density at radius 3 is 2.15 bits per heavy atom. The predicted molar refractivity (Wildman–Crippen MR) is 81.7 cm³/mol. The van der Waals surface area contributed by atoms with Crippen molar-refractivity contribution in [1.82, 2.24) is 0 Å². The molecule has 20 heavy (non-hydrogen) atoms. The summed E-state index contributed by atoms with van der Waals surface area (Å²) in [5.74, 6) is 0. The highest BCUT2D eigenvalue weighted by molar-refractivity contribution is 5.35. The summed E-state index contributed by atoms with van der Waals surface area (Å²) in [7, 11) is 1.68. The van der Waals surface area contributed by atoms with Crippen LogP contribution in [0.1, 0.15) is 33.9 Å². The second-order valence-corrected chi connectivity index (χ2v) is 5.26. The predicted octanol–water partition coefficient (Wildman–Crippen LogP) is 3.73. The van der Waals surface area contributed by atoms with Gasteiger partial charge in [-0.3, -0.25) is 0 Å². The molecule has 0 radical (unpaired) electrons. The molecule has 0 aliphatic rings. The molecule has 0 fully saturated rings. The Morgan fingerprint density at radius 1 is 1.00 bits per heavy atom. The number of benzene rings is 2. The number of aryl methyl sites for hydroxylation is 2. The van der Waals surface area contributed by atoms with Crippen LogP contribution >= 0.6 is 0 Å². The molecule has 2 aromatic carbocycles. The summed E-state index contributed by atoms with van der Waals surface area (Å²) in [4.78, 5) is 0. The Balaban J connectivity index is 2.13. The van der Waals surface area contributed by atoms with Gasteiger partial charge in [0, 0.05) is 13.5 Å². The summed E-state index contributed by atoms with van der Waals surface area (Å²) >= 11 is 0. The van der Waals surface area contributed by atoms with Gasteiger partial charge in [-0.15, -0.1) is 0 Å². The van der Waals surface area contributed by atoms with Crippen molar-refractivity contribution in [3.05, 3.63) is 70.3 Å². The first-order valence-electron chi connectivity index (χ1n) is 6.92. The van der Waals surface area contributed by atoms with E-state index in [9.17, 15) is 5.11 Å². The summed E-state index contributed by atoms with van der Waals surface area (Å²) in [6, 6.07) is 14.2. The van der Waals surface area contributed by atoms with E-state index in [0.717, 1.165) is 11.1 Å². The Bertz CT molecular complexity index is 538. The summed E-state index contributed by atoms with van der Waals surface area (Å²) in [6.07, 6.45) is 0.189. The first-order valence-corrected chi connectivity index (χ1v) is 6.92. The number of methoxy groups -OCH3 is 1. The molecule has 0 aromatic heterocycles. The molecule has 1 N–H and O–H groups in total. The van der Waals surface area contributed by atoms with E-state index in [1.165, 1.54) is 16.7 Å². The van der Waals surface area contributed by atoms with E-state index in [-0.39, 0.29) is 0 Å². The van der Waals surface area contributed by atoms with Gasteiger partial charge in [0.1, 0.15) is 0 Å². The molecular weight excluding hydrogens is 248 g/mol.